The molecule has 5 heteroatoms. The summed E-state index contributed by atoms with van der Waals surface area (Å²) in [5.41, 5.74) is 0.946. The van der Waals surface area contributed by atoms with Crippen LogP contribution in [0.1, 0.15) is 5.56 Å². The molecule has 0 aliphatic carbocycles. The lowest BCUT2D eigenvalue weighted by Gasteiger charge is -2.06. The van der Waals surface area contributed by atoms with Crippen LogP contribution >= 0.6 is 31.9 Å². The van der Waals surface area contributed by atoms with Crippen molar-refractivity contribution < 1.29 is 0 Å². The molecule has 1 aromatic carbocycles. The molecule has 2 rings (SSSR count). The minimum atomic E-state index is -0.132. The predicted octanol–water partition coefficient (Wildman–Crippen LogP) is 2.82. The van der Waals surface area contributed by atoms with Crippen LogP contribution in [0.25, 0.3) is 0 Å². The van der Waals surface area contributed by atoms with Crippen molar-refractivity contribution in [2.75, 3.05) is 0 Å². The van der Waals surface area contributed by atoms with E-state index in [1.807, 2.05) is 30.3 Å². The van der Waals surface area contributed by atoms with E-state index in [2.05, 4.69) is 36.8 Å². The molecule has 0 N–H and O–H groups in total. The summed E-state index contributed by atoms with van der Waals surface area (Å²) in [6, 6.07) is 9.81. The number of aromatic nitrogens is 2. The van der Waals surface area contributed by atoms with Gasteiger partial charge in [-0.05, 0) is 37.4 Å². The monoisotopic (exact) mass is 342 g/mol. The molecule has 0 atom stereocenters. The van der Waals surface area contributed by atoms with Gasteiger partial charge in [0.2, 0.25) is 0 Å². The largest absolute Gasteiger partial charge is 0.306 e. The van der Waals surface area contributed by atoms with Gasteiger partial charge >= 0.3 is 0 Å². The van der Waals surface area contributed by atoms with Crippen molar-refractivity contribution in [3.63, 3.8) is 0 Å². The average molecular weight is 344 g/mol. The van der Waals surface area contributed by atoms with Gasteiger partial charge in [0.1, 0.15) is 4.60 Å². The summed E-state index contributed by atoms with van der Waals surface area (Å²) < 4.78 is 2.56. The average Bonchev–Trinajstić information content (AvgIpc) is 2.27. The van der Waals surface area contributed by atoms with Gasteiger partial charge < -0.3 is 4.57 Å². The van der Waals surface area contributed by atoms with E-state index in [-0.39, 0.29) is 5.56 Å². The summed E-state index contributed by atoms with van der Waals surface area (Å²) in [4.78, 5) is 15.7. The number of hydrogen-bond acceptors (Lipinski definition) is 2. The van der Waals surface area contributed by atoms with Gasteiger partial charge in [-0.1, -0.05) is 30.3 Å². The molecule has 0 amide bonds. The molecule has 2 aromatic rings. The molecule has 0 unspecified atom stereocenters. The Morgan fingerprint density at radius 3 is 2.56 bits per heavy atom. The van der Waals surface area contributed by atoms with Gasteiger partial charge in [-0.3, -0.25) is 4.79 Å². The molecular weight excluding hydrogens is 336 g/mol. The van der Waals surface area contributed by atoms with E-state index >= 15 is 0 Å². The fraction of sp³-hybridized carbons (Fsp3) is 0.0909. The van der Waals surface area contributed by atoms with Crippen LogP contribution in [-0.2, 0) is 6.54 Å². The van der Waals surface area contributed by atoms with Crippen molar-refractivity contribution in [2.24, 2.45) is 0 Å². The summed E-state index contributed by atoms with van der Waals surface area (Å²) in [5, 5.41) is 0. The zero-order valence-electron chi connectivity index (χ0n) is 8.23. The summed E-state index contributed by atoms with van der Waals surface area (Å²) in [7, 11) is 0. The molecule has 0 aliphatic rings. The van der Waals surface area contributed by atoms with E-state index in [9.17, 15) is 4.79 Å². The van der Waals surface area contributed by atoms with E-state index in [0.29, 0.717) is 15.8 Å². The van der Waals surface area contributed by atoms with Gasteiger partial charge in [0.15, 0.2) is 4.60 Å². The molecule has 0 saturated heterocycles. The standard InChI is InChI=1S/C11H8Br2N2O/c12-9-7-15(11(16)10(13)14-9)6-8-4-2-1-3-5-8/h1-5,7H,6H2. The Labute approximate surface area is 109 Å². The van der Waals surface area contributed by atoms with E-state index in [4.69, 9.17) is 0 Å². The molecule has 1 aromatic heterocycles. The fourth-order valence-electron chi connectivity index (χ4n) is 1.37. The Bertz CT molecular complexity index is 552. The Kier molecular flexibility index (Phi) is 3.56. The Morgan fingerprint density at radius 1 is 1.19 bits per heavy atom. The Balaban J connectivity index is 2.39. The van der Waals surface area contributed by atoms with Gasteiger partial charge in [-0.2, -0.15) is 0 Å². The zero-order valence-corrected chi connectivity index (χ0v) is 11.4. The Morgan fingerprint density at radius 2 is 1.88 bits per heavy atom. The molecule has 3 nitrogen and oxygen atoms in total. The van der Waals surface area contributed by atoms with E-state index in [1.165, 1.54) is 0 Å². The molecule has 1 heterocycles. The van der Waals surface area contributed by atoms with Crippen molar-refractivity contribution in [3.05, 3.63) is 61.7 Å². The molecule has 16 heavy (non-hydrogen) atoms. The van der Waals surface area contributed by atoms with E-state index in [1.54, 1.807) is 10.8 Å². The van der Waals surface area contributed by atoms with Crippen LogP contribution in [0.2, 0.25) is 0 Å². The number of benzene rings is 1. The number of rotatable bonds is 2. The highest BCUT2D eigenvalue weighted by Crippen LogP contribution is 2.09. The molecule has 82 valence electrons. The topological polar surface area (TPSA) is 34.9 Å². The highest BCUT2D eigenvalue weighted by atomic mass is 79.9. The lowest BCUT2D eigenvalue weighted by Crippen LogP contribution is -2.22. The molecule has 0 fully saturated rings. The first kappa shape index (κ1) is 11.5. The summed E-state index contributed by atoms with van der Waals surface area (Å²) in [6.07, 6.45) is 1.68. The molecular formula is C11H8Br2N2O. The minimum absolute atomic E-state index is 0.132. The van der Waals surface area contributed by atoms with Crippen LogP contribution < -0.4 is 5.56 Å². The predicted molar refractivity (Wildman–Crippen MR) is 69.4 cm³/mol. The smallest absolute Gasteiger partial charge is 0.284 e. The van der Waals surface area contributed by atoms with Crippen molar-refractivity contribution in [1.82, 2.24) is 9.55 Å². The van der Waals surface area contributed by atoms with Gasteiger partial charge in [0, 0.05) is 6.20 Å². The van der Waals surface area contributed by atoms with Crippen LogP contribution in [0.5, 0.6) is 0 Å². The number of hydrogen-bond donors (Lipinski definition) is 0. The van der Waals surface area contributed by atoms with Crippen LogP contribution in [0, 0.1) is 0 Å². The second-order valence-electron chi connectivity index (χ2n) is 3.27. The molecule has 0 spiro atoms. The third kappa shape index (κ3) is 2.59. The molecule has 0 radical (unpaired) electrons. The quantitative estimate of drug-likeness (QED) is 0.840. The van der Waals surface area contributed by atoms with Crippen LogP contribution in [0.4, 0.5) is 0 Å². The number of nitrogens with zero attached hydrogens (tertiary/aromatic N) is 2. The normalized spacial score (nSPS) is 10.4. The van der Waals surface area contributed by atoms with Crippen LogP contribution in [0.15, 0.2) is 50.5 Å². The lowest BCUT2D eigenvalue weighted by atomic mass is 10.2. The van der Waals surface area contributed by atoms with Crippen molar-refractivity contribution in [3.8, 4) is 0 Å². The van der Waals surface area contributed by atoms with Gasteiger partial charge in [-0.15, -0.1) is 0 Å². The van der Waals surface area contributed by atoms with Crippen LogP contribution in [0.3, 0.4) is 0 Å². The van der Waals surface area contributed by atoms with Gasteiger partial charge in [0.25, 0.3) is 5.56 Å². The van der Waals surface area contributed by atoms with Crippen LogP contribution in [-0.4, -0.2) is 9.55 Å². The van der Waals surface area contributed by atoms with Crippen molar-refractivity contribution in [2.45, 2.75) is 6.54 Å². The summed E-state index contributed by atoms with van der Waals surface area (Å²) in [6.45, 7) is 0.541. The molecule has 0 aliphatic heterocycles. The minimum Gasteiger partial charge on any atom is -0.306 e. The fourth-order valence-corrected chi connectivity index (χ4v) is 2.45. The maximum absolute atomic E-state index is 11.8. The summed E-state index contributed by atoms with van der Waals surface area (Å²) >= 11 is 6.40. The Hall–Kier alpha value is -0.940. The highest BCUT2D eigenvalue weighted by Gasteiger charge is 2.04. The first-order valence-electron chi connectivity index (χ1n) is 4.63. The van der Waals surface area contributed by atoms with Crippen molar-refractivity contribution >= 4 is 31.9 Å². The highest BCUT2D eigenvalue weighted by molar-refractivity contribution is 9.11. The first-order chi connectivity index (χ1) is 7.66. The zero-order chi connectivity index (χ0) is 11.5. The third-order valence-electron chi connectivity index (χ3n) is 2.10. The first-order valence-corrected chi connectivity index (χ1v) is 6.22. The second-order valence-corrected chi connectivity index (χ2v) is 4.84. The maximum atomic E-state index is 11.8. The lowest BCUT2D eigenvalue weighted by molar-refractivity contribution is 0.735. The third-order valence-corrected chi connectivity index (χ3v) is 3.00. The van der Waals surface area contributed by atoms with Crippen molar-refractivity contribution in [1.29, 1.82) is 0 Å². The molecule has 0 bridgehead atoms. The number of halogens is 2. The second kappa shape index (κ2) is 4.93. The van der Waals surface area contributed by atoms with E-state index < -0.39 is 0 Å². The van der Waals surface area contributed by atoms with E-state index in [0.717, 1.165) is 5.56 Å². The summed E-state index contributed by atoms with van der Waals surface area (Å²) in [5.74, 6) is 0. The molecule has 0 saturated carbocycles. The van der Waals surface area contributed by atoms with Gasteiger partial charge in [-0.25, -0.2) is 4.98 Å². The maximum Gasteiger partial charge on any atom is 0.284 e. The van der Waals surface area contributed by atoms with Gasteiger partial charge in [0.05, 0.1) is 6.54 Å². The SMILES string of the molecule is O=c1c(Br)nc(Br)cn1Cc1ccccc1.